The highest BCUT2D eigenvalue weighted by atomic mass is 35.5. The number of carbonyl (C=O) groups excluding carboxylic acids is 1. The highest BCUT2D eigenvalue weighted by Gasteiger charge is 2.20. The average Bonchev–Trinajstić information content (AvgIpc) is 2.40. The number of hydrogen-bond donors (Lipinski definition) is 1. The molecule has 4 heteroatoms. The molecule has 0 aliphatic rings. The molecule has 0 saturated heterocycles. The van der Waals surface area contributed by atoms with Crippen LogP contribution in [0.2, 0.25) is 5.02 Å². The normalized spacial score (nSPS) is 13.0. The fourth-order valence-corrected chi connectivity index (χ4v) is 3.39. The molecule has 0 radical (unpaired) electrons. The van der Waals surface area contributed by atoms with E-state index in [1.54, 1.807) is 11.8 Å². The maximum absolute atomic E-state index is 12.2. The van der Waals surface area contributed by atoms with E-state index in [1.807, 2.05) is 31.2 Å². The van der Waals surface area contributed by atoms with E-state index in [2.05, 4.69) is 33.0 Å². The standard InChI is InChI=1S/C17H26ClNOS/c1-11(2)16(12(3)4)10-19-17(20)13(5)21-15-8-6-14(18)7-9-15/h6-9,11-13,16H,10H2,1-5H3,(H,19,20). The fourth-order valence-electron chi connectivity index (χ4n) is 2.37. The molecule has 0 spiro atoms. The molecule has 0 aliphatic heterocycles. The van der Waals surface area contributed by atoms with Crippen LogP contribution in [-0.4, -0.2) is 17.7 Å². The lowest BCUT2D eigenvalue weighted by atomic mass is 9.85. The first-order chi connectivity index (χ1) is 9.81. The summed E-state index contributed by atoms with van der Waals surface area (Å²) < 4.78 is 0. The number of thioether (sulfide) groups is 1. The van der Waals surface area contributed by atoms with Crippen molar-refractivity contribution in [2.75, 3.05) is 6.54 Å². The molecule has 118 valence electrons. The van der Waals surface area contributed by atoms with Crippen LogP contribution in [0, 0.1) is 17.8 Å². The molecule has 1 amide bonds. The van der Waals surface area contributed by atoms with Gasteiger partial charge in [0, 0.05) is 16.5 Å². The summed E-state index contributed by atoms with van der Waals surface area (Å²) in [7, 11) is 0. The Morgan fingerprint density at radius 1 is 1.10 bits per heavy atom. The molecule has 0 saturated carbocycles. The smallest absolute Gasteiger partial charge is 0.233 e. The minimum Gasteiger partial charge on any atom is -0.355 e. The number of benzene rings is 1. The third-order valence-electron chi connectivity index (χ3n) is 3.72. The maximum Gasteiger partial charge on any atom is 0.233 e. The van der Waals surface area contributed by atoms with Gasteiger partial charge in [-0.05, 0) is 48.9 Å². The molecular formula is C17H26ClNOS. The largest absolute Gasteiger partial charge is 0.355 e. The summed E-state index contributed by atoms with van der Waals surface area (Å²) in [6.07, 6.45) is 0. The van der Waals surface area contributed by atoms with Gasteiger partial charge in [0.15, 0.2) is 0 Å². The topological polar surface area (TPSA) is 29.1 Å². The van der Waals surface area contributed by atoms with Gasteiger partial charge in [0.1, 0.15) is 0 Å². The van der Waals surface area contributed by atoms with E-state index in [-0.39, 0.29) is 11.2 Å². The van der Waals surface area contributed by atoms with Crippen molar-refractivity contribution < 1.29 is 4.79 Å². The third-order valence-corrected chi connectivity index (χ3v) is 5.08. The zero-order chi connectivity index (χ0) is 16.0. The van der Waals surface area contributed by atoms with Crippen LogP contribution in [-0.2, 0) is 4.79 Å². The van der Waals surface area contributed by atoms with E-state index in [4.69, 9.17) is 11.6 Å². The van der Waals surface area contributed by atoms with Crippen molar-refractivity contribution in [3.63, 3.8) is 0 Å². The fraction of sp³-hybridized carbons (Fsp3) is 0.588. The monoisotopic (exact) mass is 327 g/mol. The Hall–Kier alpha value is -0.670. The van der Waals surface area contributed by atoms with E-state index >= 15 is 0 Å². The lowest BCUT2D eigenvalue weighted by Gasteiger charge is -2.25. The van der Waals surface area contributed by atoms with Crippen molar-refractivity contribution >= 4 is 29.3 Å². The van der Waals surface area contributed by atoms with Crippen LogP contribution in [0.5, 0.6) is 0 Å². The predicted octanol–water partition coefficient (Wildman–Crippen LogP) is 4.87. The zero-order valence-electron chi connectivity index (χ0n) is 13.5. The van der Waals surface area contributed by atoms with Crippen LogP contribution >= 0.6 is 23.4 Å². The van der Waals surface area contributed by atoms with Gasteiger partial charge in [0.05, 0.1) is 5.25 Å². The van der Waals surface area contributed by atoms with E-state index in [1.165, 1.54) is 0 Å². The van der Waals surface area contributed by atoms with E-state index < -0.39 is 0 Å². The van der Waals surface area contributed by atoms with Crippen molar-refractivity contribution in [1.82, 2.24) is 5.32 Å². The number of rotatable bonds is 7. The highest BCUT2D eigenvalue weighted by molar-refractivity contribution is 8.00. The number of halogens is 1. The molecule has 0 bridgehead atoms. The van der Waals surface area contributed by atoms with Gasteiger partial charge in [-0.3, -0.25) is 4.79 Å². The van der Waals surface area contributed by atoms with Crippen LogP contribution < -0.4 is 5.32 Å². The Morgan fingerprint density at radius 2 is 1.62 bits per heavy atom. The van der Waals surface area contributed by atoms with Crippen LogP contribution in [0.4, 0.5) is 0 Å². The summed E-state index contributed by atoms with van der Waals surface area (Å²) in [6, 6.07) is 7.59. The van der Waals surface area contributed by atoms with Crippen molar-refractivity contribution in [2.45, 2.75) is 44.8 Å². The lowest BCUT2D eigenvalue weighted by Crippen LogP contribution is -2.37. The summed E-state index contributed by atoms with van der Waals surface area (Å²) in [5.74, 6) is 1.76. The van der Waals surface area contributed by atoms with Gasteiger partial charge >= 0.3 is 0 Å². The molecule has 1 rings (SSSR count). The Balaban J connectivity index is 2.49. The molecule has 21 heavy (non-hydrogen) atoms. The second-order valence-electron chi connectivity index (χ2n) is 6.11. The summed E-state index contributed by atoms with van der Waals surface area (Å²) in [5, 5.41) is 3.70. The van der Waals surface area contributed by atoms with Crippen LogP contribution in [0.1, 0.15) is 34.6 Å². The first-order valence-corrected chi connectivity index (χ1v) is 8.77. The Bertz CT molecular complexity index is 437. The molecule has 0 heterocycles. The van der Waals surface area contributed by atoms with Crippen molar-refractivity contribution in [1.29, 1.82) is 0 Å². The van der Waals surface area contributed by atoms with E-state index in [0.29, 0.717) is 22.8 Å². The predicted molar refractivity (Wildman–Crippen MR) is 92.9 cm³/mol. The van der Waals surface area contributed by atoms with E-state index in [0.717, 1.165) is 11.4 Å². The Kier molecular flexibility index (Phi) is 7.61. The summed E-state index contributed by atoms with van der Waals surface area (Å²) >= 11 is 7.42. The summed E-state index contributed by atoms with van der Waals surface area (Å²) in [5.41, 5.74) is 0. The number of carbonyl (C=O) groups is 1. The molecule has 2 nitrogen and oxygen atoms in total. The van der Waals surface area contributed by atoms with Gasteiger partial charge in [0.25, 0.3) is 0 Å². The van der Waals surface area contributed by atoms with Gasteiger partial charge in [-0.25, -0.2) is 0 Å². The molecule has 1 aromatic rings. The zero-order valence-corrected chi connectivity index (χ0v) is 15.1. The molecule has 0 fully saturated rings. The maximum atomic E-state index is 12.2. The average molecular weight is 328 g/mol. The van der Waals surface area contributed by atoms with Crippen LogP contribution in [0.3, 0.4) is 0 Å². The van der Waals surface area contributed by atoms with Gasteiger partial charge in [-0.15, -0.1) is 11.8 Å². The molecule has 0 aromatic heterocycles. The number of hydrogen-bond acceptors (Lipinski definition) is 2. The third kappa shape index (κ3) is 6.31. The molecule has 1 aromatic carbocycles. The molecule has 1 unspecified atom stereocenters. The van der Waals surface area contributed by atoms with Crippen LogP contribution in [0.25, 0.3) is 0 Å². The minimum atomic E-state index is -0.105. The quantitative estimate of drug-likeness (QED) is 0.724. The van der Waals surface area contributed by atoms with Crippen molar-refractivity contribution in [3.8, 4) is 0 Å². The SMILES string of the molecule is CC(Sc1ccc(Cl)cc1)C(=O)NCC(C(C)C)C(C)C. The second-order valence-corrected chi connectivity index (χ2v) is 7.96. The van der Waals surface area contributed by atoms with E-state index in [9.17, 15) is 4.79 Å². The van der Waals surface area contributed by atoms with Crippen molar-refractivity contribution in [2.24, 2.45) is 17.8 Å². The molecule has 1 N–H and O–H groups in total. The minimum absolute atomic E-state index is 0.0984. The molecule has 0 aliphatic carbocycles. The van der Waals surface area contributed by atoms with Crippen LogP contribution in [0.15, 0.2) is 29.2 Å². The van der Waals surface area contributed by atoms with Crippen molar-refractivity contribution in [3.05, 3.63) is 29.3 Å². The van der Waals surface area contributed by atoms with Gasteiger partial charge < -0.3 is 5.32 Å². The summed E-state index contributed by atoms with van der Waals surface area (Å²) in [4.78, 5) is 13.3. The second kappa shape index (κ2) is 8.70. The molecular weight excluding hydrogens is 302 g/mol. The van der Waals surface area contributed by atoms with Gasteiger partial charge in [-0.2, -0.15) is 0 Å². The highest BCUT2D eigenvalue weighted by Crippen LogP contribution is 2.25. The number of nitrogens with one attached hydrogen (secondary N) is 1. The Morgan fingerprint density at radius 3 is 2.10 bits per heavy atom. The first-order valence-electron chi connectivity index (χ1n) is 7.51. The van der Waals surface area contributed by atoms with Gasteiger partial charge in [0.2, 0.25) is 5.91 Å². The summed E-state index contributed by atoms with van der Waals surface area (Å²) in [6.45, 7) is 11.5. The molecule has 1 atom stereocenters. The number of amides is 1. The lowest BCUT2D eigenvalue weighted by molar-refractivity contribution is -0.120. The van der Waals surface area contributed by atoms with Gasteiger partial charge in [-0.1, -0.05) is 39.3 Å². The first kappa shape index (κ1) is 18.4. The Labute approximate surface area is 138 Å².